The molecule has 1 saturated heterocycles. The van der Waals surface area contributed by atoms with Crippen molar-refractivity contribution in [2.45, 2.75) is 17.2 Å². The van der Waals surface area contributed by atoms with Crippen molar-refractivity contribution in [2.75, 3.05) is 19.7 Å². The first-order chi connectivity index (χ1) is 18.0. The molecule has 0 aromatic heterocycles. The lowest BCUT2D eigenvalue weighted by Gasteiger charge is -2.37. The maximum atomic E-state index is 14.9. The SMILES string of the molecule is O=C(NS(=O)(=O)c1cc(F)c(OCC2CN(C(=O)O)CCC2c2ccc(Cl)cc2)cc1F)c1ccccc1. The molecule has 8 nitrogen and oxygen atoms in total. The molecule has 2 unspecified atom stereocenters. The third-order valence-corrected chi connectivity index (χ3v) is 7.89. The molecule has 3 aromatic rings. The summed E-state index contributed by atoms with van der Waals surface area (Å²) in [7, 11) is -4.73. The number of sulfonamides is 1. The summed E-state index contributed by atoms with van der Waals surface area (Å²) in [4.78, 5) is 23.9. The fraction of sp³-hybridized carbons (Fsp3) is 0.231. The van der Waals surface area contributed by atoms with Crippen molar-refractivity contribution < 1.29 is 36.6 Å². The van der Waals surface area contributed by atoms with Crippen molar-refractivity contribution in [1.82, 2.24) is 9.62 Å². The molecule has 3 aromatic carbocycles. The van der Waals surface area contributed by atoms with Crippen molar-refractivity contribution in [1.29, 1.82) is 0 Å². The molecule has 2 amide bonds. The summed E-state index contributed by atoms with van der Waals surface area (Å²) < 4.78 is 62.1. The molecule has 0 spiro atoms. The molecule has 4 rings (SSSR count). The van der Waals surface area contributed by atoms with Crippen molar-refractivity contribution in [3.05, 3.63) is 94.5 Å². The molecule has 1 fully saturated rings. The van der Waals surface area contributed by atoms with Crippen molar-refractivity contribution in [2.24, 2.45) is 5.92 Å². The Bertz CT molecular complexity index is 1440. The van der Waals surface area contributed by atoms with Crippen molar-refractivity contribution >= 4 is 33.6 Å². The van der Waals surface area contributed by atoms with E-state index < -0.39 is 50.2 Å². The van der Waals surface area contributed by atoms with Gasteiger partial charge in [0.2, 0.25) is 0 Å². The number of hydrogen-bond acceptors (Lipinski definition) is 5. The molecule has 38 heavy (non-hydrogen) atoms. The number of nitrogens with zero attached hydrogens (tertiary/aromatic N) is 1. The monoisotopic (exact) mass is 564 g/mol. The Morgan fingerprint density at radius 2 is 1.74 bits per heavy atom. The zero-order valence-corrected chi connectivity index (χ0v) is 21.4. The van der Waals surface area contributed by atoms with Crippen molar-refractivity contribution in [3.63, 3.8) is 0 Å². The van der Waals surface area contributed by atoms with E-state index in [1.165, 1.54) is 29.2 Å². The van der Waals surface area contributed by atoms with Gasteiger partial charge in [0.1, 0.15) is 10.7 Å². The number of amides is 2. The van der Waals surface area contributed by atoms with E-state index in [4.69, 9.17) is 16.3 Å². The summed E-state index contributed by atoms with van der Waals surface area (Å²) in [5.74, 6) is -4.56. The van der Waals surface area contributed by atoms with E-state index in [1.807, 2.05) is 12.1 Å². The van der Waals surface area contributed by atoms with E-state index in [2.05, 4.69) is 0 Å². The van der Waals surface area contributed by atoms with Gasteiger partial charge in [-0.1, -0.05) is 41.9 Å². The lowest BCUT2D eigenvalue weighted by atomic mass is 9.81. The van der Waals surface area contributed by atoms with E-state index >= 15 is 0 Å². The minimum atomic E-state index is -4.73. The zero-order chi connectivity index (χ0) is 27.4. The van der Waals surface area contributed by atoms with Gasteiger partial charge in [-0.15, -0.1) is 0 Å². The lowest BCUT2D eigenvalue weighted by molar-refractivity contribution is 0.0927. The highest BCUT2D eigenvalue weighted by Gasteiger charge is 2.33. The first-order valence-electron chi connectivity index (χ1n) is 11.5. The molecule has 0 bridgehead atoms. The van der Waals surface area contributed by atoms with Crippen LogP contribution in [0.4, 0.5) is 13.6 Å². The molecule has 2 atom stereocenters. The molecular formula is C26H23ClF2N2O6S. The maximum Gasteiger partial charge on any atom is 0.407 e. The number of nitrogens with one attached hydrogen (secondary N) is 1. The van der Waals surface area contributed by atoms with Gasteiger partial charge >= 0.3 is 6.09 Å². The third-order valence-electron chi connectivity index (χ3n) is 6.29. The average molecular weight is 565 g/mol. The quantitative estimate of drug-likeness (QED) is 0.422. The maximum absolute atomic E-state index is 14.9. The van der Waals surface area contributed by atoms with Gasteiger partial charge in [0.25, 0.3) is 15.9 Å². The Kier molecular flexibility index (Phi) is 8.17. The smallest absolute Gasteiger partial charge is 0.407 e. The molecule has 12 heteroatoms. The van der Waals surface area contributed by atoms with Gasteiger partial charge in [-0.3, -0.25) is 4.79 Å². The normalized spacial score (nSPS) is 17.6. The second-order valence-corrected chi connectivity index (χ2v) is 10.8. The number of likely N-dealkylation sites (tertiary alicyclic amines) is 1. The van der Waals surface area contributed by atoms with Crippen LogP contribution in [0, 0.1) is 17.6 Å². The Morgan fingerprint density at radius 3 is 2.39 bits per heavy atom. The fourth-order valence-electron chi connectivity index (χ4n) is 4.37. The summed E-state index contributed by atoms with van der Waals surface area (Å²) in [6, 6.07) is 15.5. The fourth-order valence-corrected chi connectivity index (χ4v) is 5.54. The van der Waals surface area contributed by atoms with Crippen LogP contribution in [0.15, 0.2) is 71.6 Å². The van der Waals surface area contributed by atoms with Crippen LogP contribution >= 0.6 is 11.6 Å². The van der Waals surface area contributed by atoms with E-state index in [1.54, 1.807) is 22.9 Å². The van der Waals surface area contributed by atoms with Gasteiger partial charge < -0.3 is 14.7 Å². The molecule has 1 heterocycles. The van der Waals surface area contributed by atoms with E-state index in [-0.39, 0.29) is 24.6 Å². The van der Waals surface area contributed by atoms with Gasteiger partial charge in [-0.2, -0.15) is 0 Å². The summed E-state index contributed by atoms with van der Waals surface area (Å²) in [5.41, 5.74) is 0.922. The number of carbonyl (C=O) groups excluding carboxylic acids is 1. The van der Waals surface area contributed by atoms with Crippen LogP contribution in [0.25, 0.3) is 0 Å². The molecular weight excluding hydrogens is 542 g/mol. The van der Waals surface area contributed by atoms with Gasteiger partial charge in [-0.05, 0) is 42.2 Å². The average Bonchev–Trinajstić information content (AvgIpc) is 2.89. The van der Waals surface area contributed by atoms with Crippen LogP contribution in [0.3, 0.4) is 0 Å². The van der Waals surface area contributed by atoms with E-state index in [0.717, 1.165) is 5.56 Å². The topological polar surface area (TPSA) is 113 Å². The third kappa shape index (κ3) is 6.22. The lowest BCUT2D eigenvalue weighted by Crippen LogP contribution is -2.44. The van der Waals surface area contributed by atoms with Crippen LogP contribution in [0.5, 0.6) is 5.75 Å². The van der Waals surface area contributed by atoms with Crippen LogP contribution in [-0.2, 0) is 10.0 Å². The highest BCUT2D eigenvalue weighted by molar-refractivity contribution is 7.90. The van der Waals surface area contributed by atoms with Gasteiger partial charge in [0.15, 0.2) is 11.6 Å². The highest BCUT2D eigenvalue weighted by atomic mass is 35.5. The first-order valence-corrected chi connectivity index (χ1v) is 13.4. The first kappa shape index (κ1) is 27.3. The summed E-state index contributed by atoms with van der Waals surface area (Å²) in [5, 5.41) is 9.97. The molecule has 200 valence electrons. The Morgan fingerprint density at radius 1 is 1.05 bits per heavy atom. The number of hydrogen-bond donors (Lipinski definition) is 2. The molecule has 0 radical (unpaired) electrons. The largest absolute Gasteiger partial charge is 0.490 e. The molecule has 0 aliphatic carbocycles. The second-order valence-electron chi connectivity index (χ2n) is 8.76. The number of benzene rings is 3. The van der Waals surface area contributed by atoms with Crippen LogP contribution < -0.4 is 9.46 Å². The Hall–Kier alpha value is -3.70. The predicted octanol–water partition coefficient (Wildman–Crippen LogP) is 4.90. The molecule has 1 aliphatic heterocycles. The number of carbonyl (C=O) groups is 2. The minimum Gasteiger partial charge on any atom is -0.490 e. The van der Waals surface area contributed by atoms with Crippen LogP contribution in [-0.4, -0.2) is 50.1 Å². The Balaban J connectivity index is 1.52. The Labute approximate surface area is 222 Å². The van der Waals surface area contributed by atoms with E-state index in [0.29, 0.717) is 30.1 Å². The number of ether oxygens (including phenoxy) is 1. The predicted molar refractivity (Wildman–Crippen MR) is 135 cm³/mol. The molecule has 2 N–H and O–H groups in total. The van der Waals surface area contributed by atoms with E-state index in [9.17, 15) is 31.9 Å². The number of halogens is 3. The van der Waals surface area contributed by atoms with Gasteiger partial charge in [-0.25, -0.2) is 26.7 Å². The summed E-state index contributed by atoms with van der Waals surface area (Å²) in [6.45, 7) is 0.234. The minimum absolute atomic E-state index is 0.0232. The van der Waals surface area contributed by atoms with Gasteiger partial charge in [0, 0.05) is 41.7 Å². The summed E-state index contributed by atoms with van der Waals surface area (Å²) >= 11 is 5.98. The van der Waals surface area contributed by atoms with Crippen LogP contribution in [0.1, 0.15) is 28.3 Å². The zero-order valence-electron chi connectivity index (χ0n) is 19.8. The van der Waals surface area contributed by atoms with Gasteiger partial charge in [0.05, 0.1) is 6.61 Å². The molecule has 1 aliphatic rings. The second kappa shape index (κ2) is 11.4. The van der Waals surface area contributed by atoms with Crippen LogP contribution in [0.2, 0.25) is 5.02 Å². The highest BCUT2D eigenvalue weighted by Crippen LogP contribution is 2.35. The summed E-state index contributed by atoms with van der Waals surface area (Å²) in [6.07, 6.45) is -0.620. The number of piperidine rings is 1. The number of carboxylic acid groups (broad SMARTS) is 1. The molecule has 0 saturated carbocycles. The van der Waals surface area contributed by atoms with Crippen molar-refractivity contribution in [3.8, 4) is 5.75 Å². The number of rotatable bonds is 7. The standard InChI is InChI=1S/C26H23ClF2N2O6S/c27-19-8-6-16(7-9-19)20-10-11-31(26(33)34)14-18(20)15-37-23-12-22(29)24(13-21(23)28)38(35,36)30-25(32)17-4-2-1-3-5-17/h1-9,12-13,18,20H,10-11,14-15H2,(H,30,32)(H,33,34).